The van der Waals surface area contributed by atoms with Crippen LogP contribution in [0.5, 0.6) is 0 Å². The van der Waals surface area contributed by atoms with Crippen LogP contribution in [0.4, 0.5) is 4.39 Å². The zero-order valence-corrected chi connectivity index (χ0v) is 7.85. The molecule has 0 aliphatic heterocycles. The summed E-state index contributed by atoms with van der Waals surface area (Å²) in [5, 5.41) is 8.22. The van der Waals surface area contributed by atoms with Crippen LogP contribution in [0.3, 0.4) is 0 Å². The van der Waals surface area contributed by atoms with Crippen molar-refractivity contribution in [1.29, 1.82) is 0 Å². The number of hydrogen-bond donors (Lipinski definition) is 1. The Bertz CT molecular complexity index is 326. The molecule has 0 saturated carbocycles. The molecule has 1 rings (SSSR count). The summed E-state index contributed by atoms with van der Waals surface area (Å²) >= 11 is 0. The molecule has 1 aromatic carbocycles. The molecule has 1 N–H and O–H groups in total. The van der Waals surface area contributed by atoms with Gasteiger partial charge in [-0.3, -0.25) is 4.79 Å². The molecule has 1 radical (unpaired) electrons. The number of hydrogen-bond acceptors (Lipinski definition) is 2. The smallest absolute Gasteiger partial charge is 0.346 e. The van der Waals surface area contributed by atoms with Crippen LogP contribution in [0.25, 0.3) is 0 Å². The summed E-state index contributed by atoms with van der Waals surface area (Å²) in [6, 6.07) is 7.49. The summed E-state index contributed by atoms with van der Waals surface area (Å²) in [5.41, 5.74) is 0.0670. The van der Waals surface area contributed by atoms with Gasteiger partial charge in [0, 0.05) is 22.6 Å². The van der Waals surface area contributed by atoms with Gasteiger partial charge in [-0.25, -0.2) is 9.18 Å². The van der Waals surface area contributed by atoms with E-state index in [2.05, 4.69) is 0 Å². The van der Waals surface area contributed by atoms with Crippen LogP contribution in [-0.2, 0) is 21.9 Å². The van der Waals surface area contributed by atoms with Gasteiger partial charge in [0.2, 0.25) is 5.78 Å². The molecule has 0 fully saturated rings. The fourth-order valence-electron chi connectivity index (χ4n) is 0.861. The van der Waals surface area contributed by atoms with Gasteiger partial charge in [0.05, 0.1) is 0 Å². The van der Waals surface area contributed by atoms with E-state index in [0.717, 1.165) is 0 Å². The van der Waals surface area contributed by atoms with Crippen molar-refractivity contribution in [3.05, 3.63) is 35.9 Å². The number of carbonyl (C=O) groups is 2. The van der Waals surface area contributed by atoms with E-state index in [4.69, 9.17) is 5.11 Å². The standard InChI is InChI=1S/C9H7FO3.Cu/c10-7(9(12)13)8(11)6-4-2-1-3-5-6;/h1-5,7H,(H,12,13);. The minimum absolute atomic E-state index is 0. The molecule has 0 amide bonds. The van der Waals surface area contributed by atoms with Crippen LogP contribution in [0.1, 0.15) is 10.4 Å². The van der Waals surface area contributed by atoms with Gasteiger partial charge in [0.1, 0.15) is 0 Å². The average Bonchev–Trinajstić information content (AvgIpc) is 2.17. The maximum absolute atomic E-state index is 12.7. The van der Waals surface area contributed by atoms with E-state index in [-0.39, 0.29) is 22.6 Å². The predicted octanol–water partition coefficient (Wildman–Crippen LogP) is 1.29. The molecule has 14 heavy (non-hydrogen) atoms. The monoisotopic (exact) mass is 245 g/mol. The number of carboxylic acids is 1. The number of aliphatic carboxylic acids is 1. The number of Topliss-reactive ketones (excluding diaryl/α,β-unsaturated/α-hetero) is 1. The van der Waals surface area contributed by atoms with Crippen LogP contribution in [0.15, 0.2) is 30.3 Å². The molecular formula is C9H7CuFO3. The quantitative estimate of drug-likeness (QED) is 0.496. The number of benzene rings is 1. The van der Waals surface area contributed by atoms with Crippen molar-refractivity contribution in [3.63, 3.8) is 0 Å². The second kappa shape index (κ2) is 5.52. The van der Waals surface area contributed by atoms with Crippen LogP contribution in [-0.4, -0.2) is 23.0 Å². The van der Waals surface area contributed by atoms with E-state index in [1.165, 1.54) is 12.1 Å². The number of carboxylic acid groups (broad SMARTS) is 1. The first-order valence-electron chi connectivity index (χ1n) is 3.59. The Hall–Kier alpha value is -1.19. The summed E-state index contributed by atoms with van der Waals surface area (Å²) in [4.78, 5) is 21.1. The van der Waals surface area contributed by atoms with E-state index in [0.29, 0.717) is 0 Å². The predicted molar refractivity (Wildman–Crippen MR) is 43.3 cm³/mol. The third kappa shape index (κ3) is 2.94. The molecule has 0 aromatic heterocycles. The number of halogens is 1. The second-order valence-electron chi connectivity index (χ2n) is 2.43. The maximum Gasteiger partial charge on any atom is 0.346 e. The topological polar surface area (TPSA) is 54.4 Å². The van der Waals surface area contributed by atoms with Crippen LogP contribution in [0, 0.1) is 0 Å². The molecule has 1 unspecified atom stereocenters. The fourth-order valence-corrected chi connectivity index (χ4v) is 0.861. The Morgan fingerprint density at radius 2 is 1.71 bits per heavy atom. The summed E-state index contributed by atoms with van der Waals surface area (Å²) in [7, 11) is 0. The average molecular weight is 246 g/mol. The molecule has 0 aliphatic carbocycles. The van der Waals surface area contributed by atoms with E-state index >= 15 is 0 Å². The van der Waals surface area contributed by atoms with E-state index in [1.807, 2.05) is 0 Å². The second-order valence-corrected chi connectivity index (χ2v) is 2.43. The van der Waals surface area contributed by atoms with Gasteiger partial charge >= 0.3 is 5.97 Å². The Labute approximate surface area is 90.4 Å². The van der Waals surface area contributed by atoms with Gasteiger partial charge in [-0.15, -0.1) is 0 Å². The first-order chi connectivity index (χ1) is 6.13. The van der Waals surface area contributed by atoms with Gasteiger partial charge in [-0.2, -0.15) is 0 Å². The fraction of sp³-hybridized carbons (Fsp3) is 0.111. The molecule has 0 heterocycles. The molecule has 1 aromatic rings. The Morgan fingerprint density at radius 1 is 1.21 bits per heavy atom. The van der Waals surface area contributed by atoms with Crippen LogP contribution >= 0.6 is 0 Å². The number of ketones is 1. The van der Waals surface area contributed by atoms with Gasteiger partial charge in [0.25, 0.3) is 6.17 Å². The molecule has 79 valence electrons. The minimum Gasteiger partial charge on any atom is -0.479 e. The van der Waals surface area contributed by atoms with Crippen LogP contribution in [0.2, 0.25) is 0 Å². The largest absolute Gasteiger partial charge is 0.479 e. The maximum atomic E-state index is 12.7. The third-order valence-electron chi connectivity index (χ3n) is 1.51. The van der Waals surface area contributed by atoms with E-state index in [1.54, 1.807) is 18.2 Å². The van der Waals surface area contributed by atoms with Gasteiger partial charge in [0.15, 0.2) is 0 Å². The van der Waals surface area contributed by atoms with Crippen molar-refractivity contribution >= 4 is 11.8 Å². The number of alkyl halides is 1. The van der Waals surface area contributed by atoms with Gasteiger partial charge in [-0.1, -0.05) is 30.3 Å². The van der Waals surface area contributed by atoms with Crippen molar-refractivity contribution in [1.82, 2.24) is 0 Å². The van der Waals surface area contributed by atoms with Crippen molar-refractivity contribution in [2.45, 2.75) is 6.17 Å². The number of rotatable bonds is 3. The first kappa shape index (κ1) is 12.8. The van der Waals surface area contributed by atoms with Gasteiger partial charge in [-0.05, 0) is 0 Å². The molecule has 0 spiro atoms. The molecule has 3 nitrogen and oxygen atoms in total. The summed E-state index contributed by atoms with van der Waals surface area (Å²) in [6.07, 6.45) is -2.47. The van der Waals surface area contributed by atoms with E-state index < -0.39 is 17.9 Å². The van der Waals surface area contributed by atoms with Gasteiger partial charge < -0.3 is 5.11 Å². The normalized spacial score (nSPS) is 11.2. The third-order valence-corrected chi connectivity index (χ3v) is 1.51. The number of carbonyl (C=O) groups excluding carboxylic acids is 1. The van der Waals surface area contributed by atoms with Crippen molar-refractivity contribution < 1.29 is 36.2 Å². The zero-order chi connectivity index (χ0) is 9.84. The molecule has 1 atom stereocenters. The Balaban J connectivity index is 0.00000169. The Morgan fingerprint density at radius 3 is 2.14 bits per heavy atom. The van der Waals surface area contributed by atoms with Crippen LogP contribution < -0.4 is 0 Å². The van der Waals surface area contributed by atoms with E-state index in [9.17, 15) is 14.0 Å². The molecule has 0 aliphatic rings. The minimum atomic E-state index is -2.47. The summed E-state index contributed by atoms with van der Waals surface area (Å²) in [5.74, 6) is -2.78. The van der Waals surface area contributed by atoms with Crippen molar-refractivity contribution in [2.75, 3.05) is 0 Å². The van der Waals surface area contributed by atoms with Crippen molar-refractivity contribution in [3.8, 4) is 0 Å². The molecule has 0 saturated heterocycles. The molecular weight excluding hydrogens is 239 g/mol. The zero-order valence-electron chi connectivity index (χ0n) is 6.91. The summed E-state index contributed by atoms with van der Waals surface area (Å²) in [6.45, 7) is 0. The first-order valence-corrected chi connectivity index (χ1v) is 3.59. The SMILES string of the molecule is O=C(O)C(F)C(=O)c1ccccc1.[Cu]. The summed E-state index contributed by atoms with van der Waals surface area (Å²) < 4.78 is 12.7. The molecule has 0 bridgehead atoms. The molecule has 5 heteroatoms. The van der Waals surface area contributed by atoms with Crippen molar-refractivity contribution in [2.24, 2.45) is 0 Å². The Kier molecular flexibility index (Phi) is 5.05.